The van der Waals surface area contributed by atoms with Crippen molar-refractivity contribution in [1.29, 1.82) is 0 Å². The Labute approximate surface area is 826 Å². The molecule has 712 valence electrons. The molecule has 0 fully saturated rings. The lowest BCUT2D eigenvalue weighted by Gasteiger charge is -2.11. The SMILES string of the molecule is CC(C)c1ccccc1-c1ncc2c(n1)n(Cc1ccc(-c3cccc4cn[nH]c34)cc1)c(=O)n2C.CC(C)c1ccccc1-c1ncc2c(n1)n(Cc1ccc(-c3cccc4cnoc34)cc1)c(=O)n2C.CC(C)c1ccccc1-c1ncc2c(n1)n(Cc1ccc(-c3cccc4ncnn34)cc1)c(=O)n2C.CC(C)c1ccccc1-c1ncc2c(n1)n(Cc1ccc(-c3cccn4ccnc34)cc1)c(=O)n2C. The average Bonchev–Trinajstić information content (AvgIpc) is 1.62. The second-order valence-electron chi connectivity index (χ2n) is 37.3. The zero-order valence-electron chi connectivity index (χ0n) is 81.6. The quantitative estimate of drug-likeness (QED) is 0.0741. The Morgan fingerprint density at radius 2 is 0.667 bits per heavy atom. The van der Waals surface area contributed by atoms with Crippen molar-refractivity contribution in [3.63, 3.8) is 0 Å². The highest BCUT2D eigenvalue weighted by Crippen LogP contribution is 2.37. The molecule has 1 N–H and O–H groups in total. The molecule has 0 atom stereocenters. The van der Waals surface area contributed by atoms with Gasteiger partial charge in [-0.25, -0.2) is 73.5 Å². The number of para-hydroxylation sites is 2. The summed E-state index contributed by atoms with van der Waals surface area (Å²) in [5, 5.41) is 17.5. The molecule has 0 saturated heterocycles. The van der Waals surface area contributed by atoms with E-state index in [1.807, 2.05) is 203 Å². The first-order valence-electron chi connectivity index (χ1n) is 47.9. The molecular formula is C115H102N24O5. The Hall–Kier alpha value is -18.2. The molecule has 0 radical (unpaired) electrons. The maximum absolute atomic E-state index is 13.2. The normalized spacial score (nSPS) is 11.7. The lowest BCUT2D eigenvalue weighted by Crippen LogP contribution is -2.22. The molecule has 14 aromatic heterocycles. The summed E-state index contributed by atoms with van der Waals surface area (Å²) in [6, 6.07) is 87.7. The topological polar surface area (TPSA) is 313 Å². The third-order valence-corrected chi connectivity index (χ3v) is 26.8. The van der Waals surface area contributed by atoms with Crippen molar-refractivity contribution in [1.82, 2.24) is 116 Å². The number of aromatic amines is 1. The van der Waals surface area contributed by atoms with E-state index in [0.717, 1.165) is 122 Å². The summed E-state index contributed by atoms with van der Waals surface area (Å²) in [5.74, 6) is 3.86. The van der Waals surface area contributed by atoms with E-state index in [9.17, 15) is 19.2 Å². The van der Waals surface area contributed by atoms with Crippen LogP contribution in [0.5, 0.6) is 0 Å². The highest BCUT2D eigenvalue weighted by atomic mass is 16.5. The number of hydrogen-bond acceptors (Lipinski definition) is 18. The molecule has 14 heterocycles. The summed E-state index contributed by atoms with van der Waals surface area (Å²) in [5.41, 5.74) is 29.5. The smallest absolute Gasteiger partial charge is 0.330 e. The van der Waals surface area contributed by atoms with Crippen LogP contribution >= 0.6 is 0 Å². The van der Waals surface area contributed by atoms with Gasteiger partial charge < -0.3 is 8.92 Å². The van der Waals surface area contributed by atoms with Crippen LogP contribution in [0.2, 0.25) is 0 Å². The van der Waals surface area contributed by atoms with Gasteiger partial charge in [0.15, 0.2) is 57.1 Å². The van der Waals surface area contributed by atoms with Crippen molar-refractivity contribution < 1.29 is 4.52 Å². The molecule has 0 unspecified atom stereocenters. The summed E-state index contributed by atoms with van der Waals surface area (Å²) in [4.78, 5) is 99.4. The van der Waals surface area contributed by atoms with Crippen LogP contribution in [0.3, 0.4) is 0 Å². The number of fused-ring (bicyclic) bond motifs is 8. The molecular weight excluding hydrogens is 1800 g/mol. The number of pyridine rings is 2. The summed E-state index contributed by atoms with van der Waals surface area (Å²) in [6.45, 7) is 18.9. The molecule has 144 heavy (non-hydrogen) atoms. The lowest BCUT2D eigenvalue weighted by atomic mass is 9.97. The van der Waals surface area contributed by atoms with Gasteiger partial charge in [-0.1, -0.05) is 291 Å². The van der Waals surface area contributed by atoms with Gasteiger partial charge in [-0.15, -0.1) is 0 Å². The number of aromatic nitrogens is 24. The van der Waals surface area contributed by atoms with Crippen molar-refractivity contribution in [2.24, 2.45) is 28.2 Å². The van der Waals surface area contributed by atoms with Crippen LogP contribution < -0.4 is 22.8 Å². The van der Waals surface area contributed by atoms with Crippen molar-refractivity contribution in [3.05, 3.63) is 409 Å². The monoisotopic (exact) mass is 1900 g/mol. The van der Waals surface area contributed by atoms with Gasteiger partial charge in [-0.3, -0.25) is 41.6 Å². The fourth-order valence-corrected chi connectivity index (χ4v) is 19.1. The third-order valence-electron chi connectivity index (χ3n) is 26.8. The zero-order chi connectivity index (χ0) is 99.2. The lowest BCUT2D eigenvalue weighted by molar-refractivity contribution is 0.457. The second-order valence-corrected chi connectivity index (χ2v) is 37.3. The molecule has 29 heteroatoms. The van der Waals surface area contributed by atoms with Gasteiger partial charge in [0.1, 0.15) is 34.0 Å². The van der Waals surface area contributed by atoms with Gasteiger partial charge in [0.05, 0.1) is 74.6 Å². The fourth-order valence-electron chi connectivity index (χ4n) is 19.1. The number of hydrogen-bond donors (Lipinski definition) is 1. The number of imidazole rings is 5. The fraction of sp³-hybridized carbons (Fsp3) is 0.174. The minimum absolute atomic E-state index is 0.111. The molecule has 0 aliphatic rings. The summed E-state index contributed by atoms with van der Waals surface area (Å²) < 4.78 is 22.6. The van der Waals surface area contributed by atoms with E-state index in [4.69, 9.17) is 24.5 Å². The van der Waals surface area contributed by atoms with Crippen LogP contribution in [0, 0.1) is 0 Å². The Balaban J connectivity index is 0.000000113. The molecule has 0 bridgehead atoms. The maximum atomic E-state index is 13.2. The molecule has 24 aromatic rings. The van der Waals surface area contributed by atoms with Crippen LogP contribution in [0.1, 0.15) is 124 Å². The van der Waals surface area contributed by atoms with Crippen molar-refractivity contribution in [3.8, 4) is 90.2 Å². The van der Waals surface area contributed by atoms with E-state index in [1.54, 1.807) is 108 Å². The first-order valence-corrected chi connectivity index (χ1v) is 47.9. The van der Waals surface area contributed by atoms with Gasteiger partial charge in [0.25, 0.3) is 0 Å². The van der Waals surface area contributed by atoms with Crippen LogP contribution in [0.4, 0.5) is 0 Å². The Morgan fingerprint density at radius 1 is 0.312 bits per heavy atom. The van der Waals surface area contributed by atoms with Gasteiger partial charge in [-0.2, -0.15) is 10.2 Å². The number of nitrogens with one attached hydrogen (secondary N) is 1. The molecule has 0 aliphatic heterocycles. The first-order chi connectivity index (χ1) is 70.0. The number of H-pyrrole nitrogens is 1. The maximum Gasteiger partial charge on any atom is 0.330 e. The molecule has 0 aliphatic carbocycles. The van der Waals surface area contributed by atoms with Crippen molar-refractivity contribution in [2.75, 3.05) is 0 Å². The van der Waals surface area contributed by atoms with Crippen LogP contribution in [0.25, 0.3) is 168 Å². The van der Waals surface area contributed by atoms with Crippen LogP contribution in [0.15, 0.2) is 347 Å². The molecule has 0 spiro atoms. The van der Waals surface area contributed by atoms with Gasteiger partial charge in [-0.05, 0) is 115 Å². The molecule has 10 aromatic carbocycles. The number of aryl methyl sites for hydroxylation is 4. The van der Waals surface area contributed by atoms with Crippen LogP contribution in [-0.4, -0.2) is 116 Å². The number of benzene rings is 10. The average molecular weight is 1900 g/mol. The van der Waals surface area contributed by atoms with E-state index >= 15 is 0 Å². The zero-order valence-corrected chi connectivity index (χ0v) is 81.6. The molecule has 24 rings (SSSR count). The number of nitrogens with zero attached hydrogens (tertiary/aromatic N) is 23. The minimum Gasteiger partial charge on any atom is -0.356 e. The predicted molar refractivity (Wildman–Crippen MR) is 566 cm³/mol. The summed E-state index contributed by atoms with van der Waals surface area (Å²) in [6.07, 6.45) is 17.8. The van der Waals surface area contributed by atoms with Gasteiger partial charge in [0.2, 0.25) is 0 Å². The summed E-state index contributed by atoms with van der Waals surface area (Å²) in [7, 11) is 7.04. The number of rotatable bonds is 20. The Kier molecular flexibility index (Phi) is 24.9. The molecule has 29 nitrogen and oxygen atoms in total. The van der Waals surface area contributed by atoms with Crippen molar-refractivity contribution >= 4 is 77.8 Å². The third kappa shape index (κ3) is 17.6. The van der Waals surface area contributed by atoms with Crippen molar-refractivity contribution in [2.45, 2.75) is 105 Å². The highest BCUT2D eigenvalue weighted by Gasteiger charge is 2.25. The highest BCUT2D eigenvalue weighted by molar-refractivity contribution is 5.94. The van der Waals surface area contributed by atoms with Crippen LogP contribution in [-0.2, 0) is 54.4 Å². The molecule has 0 saturated carbocycles. The predicted octanol–water partition coefficient (Wildman–Crippen LogP) is 21.3. The van der Waals surface area contributed by atoms with E-state index < -0.39 is 0 Å². The second kappa shape index (κ2) is 38.9. The van der Waals surface area contributed by atoms with E-state index in [1.165, 1.54) is 22.3 Å². The first kappa shape index (κ1) is 92.2. The Bertz CT molecular complexity index is 8150. The largest absolute Gasteiger partial charge is 0.356 e. The standard InChI is InChI=1S/2C29H26N6O.C29H25N5O2.C28H25N7O/c1-18(2)22-8-4-5-9-24(22)27-30-16-25-28(32-27)35(29(36)34(25)3)17-19-11-13-20(14-12-19)23-10-6-7-21-15-31-33-26(21)23;1-19(2)22-7-4-5-8-24(22)26-31-17-25-28(32-26)35(29(36)33(25)3)18-20-10-12-21(13-11-20)23-9-6-15-34-16-14-30-27(23)34;1-18(2)22-8-4-5-9-24(22)27-30-16-25-28(32-27)34(29(35)33(25)3)17-19-11-13-20(14-12-19)23-10-6-7-21-15-31-36-26(21)23;1-18(2)21-7-4-5-8-22(21)26-29-15-24-27(32-26)34(28(36)33(24)3)16-19-11-13-20(14-12-19)23-9-6-10-25-30-17-31-35(23)25/h4-16,18H,17H2,1-3H3,(H,31,33);4-17,19H,18H2,1-3H3;4-16,18H,17H2,1-3H3;4-15,17-18H,16H2,1-3H3. The van der Waals surface area contributed by atoms with E-state index in [-0.39, 0.29) is 22.8 Å². The van der Waals surface area contributed by atoms with Gasteiger partial charge >= 0.3 is 22.8 Å². The molecule has 0 amide bonds. The minimum atomic E-state index is -0.121. The summed E-state index contributed by atoms with van der Waals surface area (Å²) >= 11 is 0. The van der Waals surface area contributed by atoms with Gasteiger partial charge in [0, 0.05) is 102 Å². The van der Waals surface area contributed by atoms with E-state index in [2.05, 4.69) is 191 Å². The van der Waals surface area contributed by atoms with E-state index in [0.29, 0.717) is 118 Å². The Morgan fingerprint density at radius 3 is 1.08 bits per heavy atom.